The summed E-state index contributed by atoms with van der Waals surface area (Å²) in [7, 11) is 0. The van der Waals surface area contributed by atoms with E-state index in [1.807, 2.05) is 0 Å². The highest BCUT2D eigenvalue weighted by Crippen LogP contribution is 2.45. The highest BCUT2D eigenvalue weighted by atomic mass is 79.9. The van der Waals surface area contributed by atoms with Crippen molar-refractivity contribution in [3.63, 3.8) is 0 Å². The molecule has 6 atom stereocenters. The third-order valence-electron chi connectivity index (χ3n) is 5.56. The van der Waals surface area contributed by atoms with Gasteiger partial charge in [0.15, 0.2) is 0 Å². The van der Waals surface area contributed by atoms with E-state index in [2.05, 4.69) is 47.2 Å². The van der Waals surface area contributed by atoms with Gasteiger partial charge in [-0.05, 0) is 61.2 Å². The number of alkyl halides is 1. The molecule has 18 heavy (non-hydrogen) atoms. The van der Waals surface area contributed by atoms with Crippen molar-refractivity contribution in [2.45, 2.75) is 39.0 Å². The summed E-state index contributed by atoms with van der Waals surface area (Å²) in [5.74, 6) is 5.81. The Balaban J connectivity index is 0.000000111. The van der Waals surface area contributed by atoms with Crippen LogP contribution in [-0.4, -0.2) is 5.33 Å². The average Bonchev–Trinajstić information content (AvgIpc) is 3.17. The van der Waals surface area contributed by atoms with Crippen LogP contribution in [-0.2, 0) is 0 Å². The summed E-state index contributed by atoms with van der Waals surface area (Å²) >= 11 is 3.54. The molecule has 4 aliphatic rings. The van der Waals surface area contributed by atoms with Crippen LogP contribution in [0.25, 0.3) is 0 Å². The second-order valence-corrected chi connectivity index (χ2v) is 7.29. The van der Waals surface area contributed by atoms with Crippen LogP contribution >= 0.6 is 15.9 Å². The summed E-state index contributed by atoms with van der Waals surface area (Å²) in [6.07, 6.45) is 16.9. The van der Waals surface area contributed by atoms with E-state index in [0.29, 0.717) is 0 Å². The van der Waals surface area contributed by atoms with Crippen molar-refractivity contribution >= 4 is 15.9 Å². The zero-order chi connectivity index (χ0) is 12.5. The van der Waals surface area contributed by atoms with Gasteiger partial charge in [-0.15, -0.1) is 0 Å². The first-order valence-corrected chi connectivity index (χ1v) is 8.84. The zero-order valence-electron chi connectivity index (χ0n) is 11.4. The third kappa shape index (κ3) is 2.48. The molecule has 100 valence electrons. The van der Waals surface area contributed by atoms with Crippen molar-refractivity contribution in [2.24, 2.45) is 35.5 Å². The van der Waals surface area contributed by atoms with Crippen LogP contribution in [0.4, 0.5) is 0 Å². The van der Waals surface area contributed by atoms with Gasteiger partial charge in [-0.1, -0.05) is 53.6 Å². The molecule has 0 aromatic rings. The van der Waals surface area contributed by atoms with Gasteiger partial charge in [0.25, 0.3) is 0 Å². The molecule has 0 aromatic heterocycles. The van der Waals surface area contributed by atoms with Gasteiger partial charge in [-0.25, -0.2) is 0 Å². The quantitative estimate of drug-likeness (QED) is 0.486. The van der Waals surface area contributed by atoms with E-state index in [0.717, 1.165) is 35.5 Å². The lowest BCUT2D eigenvalue weighted by atomic mass is 9.91. The Kier molecular flexibility index (Phi) is 3.98. The van der Waals surface area contributed by atoms with Crippen molar-refractivity contribution in [2.75, 3.05) is 5.33 Å². The summed E-state index contributed by atoms with van der Waals surface area (Å²) in [6.45, 7) is 2.32. The molecule has 4 rings (SSSR count). The maximum atomic E-state index is 3.54. The lowest BCUT2D eigenvalue weighted by molar-refractivity contribution is 0.434. The normalized spacial score (nSPS) is 46.6. The van der Waals surface area contributed by atoms with Crippen molar-refractivity contribution in [1.29, 1.82) is 0 Å². The Bertz CT molecular complexity index is 310. The monoisotopic (exact) mass is 308 g/mol. The van der Waals surface area contributed by atoms with Gasteiger partial charge in [0.1, 0.15) is 0 Å². The van der Waals surface area contributed by atoms with Gasteiger partial charge in [0, 0.05) is 5.33 Å². The van der Waals surface area contributed by atoms with Gasteiger partial charge in [-0.2, -0.15) is 0 Å². The lowest BCUT2D eigenvalue weighted by Crippen LogP contribution is -2.07. The molecule has 0 aromatic carbocycles. The Hall–Kier alpha value is -0.0400. The van der Waals surface area contributed by atoms with Crippen LogP contribution in [0.15, 0.2) is 24.3 Å². The van der Waals surface area contributed by atoms with Gasteiger partial charge in [0.2, 0.25) is 0 Å². The molecule has 0 heterocycles. The second kappa shape index (κ2) is 5.53. The first kappa shape index (κ1) is 13.0. The molecule has 6 unspecified atom stereocenters. The zero-order valence-corrected chi connectivity index (χ0v) is 13.0. The largest absolute Gasteiger partial charge is 0.0925 e. The van der Waals surface area contributed by atoms with Crippen LogP contribution in [0.1, 0.15) is 39.0 Å². The molecule has 0 nitrogen and oxygen atoms in total. The molecule has 4 aliphatic carbocycles. The minimum atomic E-state index is 0.925. The van der Waals surface area contributed by atoms with Crippen molar-refractivity contribution in [3.05, 3.63) is 24.3 Å². The number of allylic oxidation sites excluding steroid dienone is 4. The summed E-state index contributed by atoms with van der Waals surface area (Å²) in [5.41, 5.74) is 0. The summed E-state index contributed by atoms with van der Waals surface area (Å²) < 4.78 is 0. The van der Waals surface area contributed by atoms with Crippen molar-refractivity contribution in [1.82, 2.24) is 0 Å². The van der Waals surface area contributed by atoms with E-state index < -0.39 is 0 Å². The topological polar surface area (TPSA) is 0 Å². The lowest BCUT2D eigenvalue weighted by Gasteiger charge is -2.14. The molecule has 0 amide bonds. The van der Waals surface area contributed by atoms with Gasteiger partial charge in [0.05, 0.1) is 0 Å². The van der Waals surface area contributed by atoms with Gasteiger partial charge in [-0.3, -0.25) is 0 Å². The number of rotatable bonds is 2. The molecule has 2 fully saturated rings. The number of halogens is 1. The molecule has 0 spiro atoms. The number of hydrogen-bond donors (Lipinski definition) is 0. The molecular weight excluding hydrogens is 284 g/mol. The van der Waals surface area contributed by atoms with E-state index in [1.54, 1.807) is 0 Å². The minimum absolute atomic E-state index is 0.925. The van der Waals surface area contributed by atoms with Crippen LogP contribution < -0.4 is 0 Å². The van der Waals surface area contributed by atoms with Crippen LogP contribution in [0.3, 0.4) is 0 Å². The van der Waals surface area contributed by atoms with E-state index in [1.165, 1.54) is 37.4 Å². The average molecular weight is 309 g/mol. The van der Waals surface area contributed by atoms with E-state index >= 15 is 0 Å². The minimum Gasteiger partial charge on any atom is -0.0925 e. The fourth-order valence-corrected chi connectivity index (χ4v) is 5.18. The van der Waals surface area contributed by atoms with Crippen molar-refractivity contribution in [3.8, 4) is 0 Å². The van der Waals surface area contributed by atoms with Crippen molar-refractivity contribution < 1.29 is 0 Å². The van der Waals surface area contributed by atoms with Crippen LogP contribution in [0.2, 0.25) is 0 Å². The Labute approximate surface area is 120 Å². The Morgan fingerprint density at radius 3 is 1.61 bits per heavy atom. The predicted molar refractivity (Wildman–Crippen MR) is 81.8 cm³/mol. The molecular formula is C17H25Br. The predicted octanol–water partition coefficient (Wildman–Crippen LogP) is 5.20. The molecule has 0 saturated heterocycles. The molecule has 0 radical (unpaired) electrons. The van der Waals surface area contributed by atoms with Crippen LogP contribution in [0.5, 0.6) is 0 Å². The van der Waals surface area contributed by atoms with Crippen LogP contribution in [0, 0.1) is 35.5 Å². The summed E-state index contributed by atoms with van der Waals surface area (Å²) in [6, 6.07) is 0. The molecule has 4 bridgehead atoms. The fraction of sp³-hybridized carbons (Fsp3) is 0.765. The van der Waals surface area contributed by atoms with E-state index in [9.17, 15) is 0 Å². The standard InChI is InChI=1S/C9H14.C8H11Br/c1-2-8-5-7-3-4-9(8)6-7;9-5-8-4-6-1-2-7(8)3-6/h3-4,7-9H,2,5-6H2,1H3;1-2,6-8H,3-5H2. The van der Waals surface area contributed by atoms with Gasteiger partial charge < -0.3 is 0 Å². The first-order chi connectivity index (χ1) is 8.80. The molecule has 0 aliphatic heterocycles. The maximum Gasteiger partial charge on any atom is 0.00655 e. The maximum absolute atomic E-state index is 3.54. The first-order valence-electron chi connectivity index (χ1n) is 7.72. The van der Waals surface area contributed by atoms with Gasteiger partial charge >= 0.3 is 0 Å². The summed E-state index contributed by atoms with van der Waals surface area (Å²) in [4.78, 5) is 0. The van der Waals surface area contributed by atoms with E-state index in [4.69, 9.17) is 0 Å². The molecule has 2 saturated carbocycles. The highest BCUT2D eigenvalue weighted by Gasteiger charge is 2.34. The Morgan fingerprint density at radius 2 is 1.39 bits per heavy atom. The SMILES string of the molecule is BrCC1CC2C=CC1C2.CCC1CC2C=CC1C2. The van der Waals surface area contributed by atoms with E-state index in [-0.39, 0.29) is 0 Å². The highest BCUT2D eigenvalue weighted by molar-refractivity contribution is 9.09. The number of fused-ring (bicyclic) bond motifs is 4. The third-order valence-corrected chi connectivity index (χ3v) is 6.39. The molecule has 0 N–H and O–H groups in total. The molecule has 1 heteroatoms. The smallest absolute Gasteiger partial charge is 0.00655 e. The fourth-order valence-electron chi connectivity index (χ4n) is 4.44. The summed E-state index contributed by atoms with van der Waals surface area (Å²) in [5, 5.41) is 1.21. The second-order valence-electron chi connectivity index (χ2n) is 6.64. The Morgan fingerprint density at radius 1 is 0.833 bits per heavy atom. The number of hydrogen-bond acceptors (Lipinski definition) is 0.